The van der Waals surface area contributed by atoms with Gasteiger partial charge in [-0.15, -0.1) is 0 Å². The first-order valence-corrected chi connectivity index (χ1v) is 9.08. The van der Waals surface area contributed by atoms with Crippen LogP contribution in [0.1, 0.15) is 10.5 Å². The highest BCUT2D eigenvalue weighted by molar-refractivity contribution is 9.10. The van der Waals surface area contributed by atoms with Gasteiger partial charge in [0.25, 0.3) is 0 Å². The van der Waals surface area contributed by atoms with Gasteiger partial charge in [0.15, 0.2) is 5.78 Å². The first kappa shape index (κ1) is 14.8. The van der Waals surface area contributed by atoms with Crippen molar-refractivity contribution in [1.82, 2.24) is 9.97 Å². The molecule has 1 saturated heterocycles. The van der Waals surface area contributed by atoms with E-state index >= 15 is 0 Å². The molecule has 4 nitrogen and oxygen atoms in total. The molecule has 1 atom stereocenters. The van der Waals surface area contributed by atoms with E-state index in [1.54, 1.807) is 18.1 Å². The van der Waals surface area contributed by atoms with Crippen LogP contribution in [0.15, 0.2) is 53.3 Å². The van der Waals surface area contributed by atoms with E-state index in [1.807, 2.05) is 42.6 Å². The van der Waals surface area contributed by atoms with Crippen LogP contribution in [0.3, 0.4) is 0 Å². The second-order valence-electron chi connectivity index (χ2n) is 5.51. The maximum Gasteiger partial charge on any atom is 0.184 e. The van der Waals surface area contributed by atoms with Crippen LogP contribution in [0.5, 0.6) is 0 Å². The molecule has 1 fully saturated rings. The number of carbonyl (C=O) groups is 1. The Hall–Kier alpha value is -1.79. The van der Waals surface area contributed by atoms with E-state index in [1.165, 1.54) is 0 Å². The summed E-state index contributed by atoms with van der Waals surface area (Å²) in [6.45, 7) is 0.714. The van der Waals surface area contributed by atoms with Gasteiger partial charge in [0, 0.05) is 33.9 Å². The molecule has 1 aliphatic rings. The van der Waals surface area contributed by atoms with Crippen molar-refractivity contribution in [3.63, 3.8) is 0 Å². The second-order valence-corrected chi connectivity index (χ2v) is 7.40. The molecule has 0 spiro atoms. The highest BCUT2D eigenvalue weighted by Gasteiger charge is 2.31. The Morgan fingerprint density at radius 3 is 3.04 bits per heavy atom. The maximum atomic E-state index is 12.8. The summed E-state index contributed by atoms with van der Waals surface area (Å²) >= 11 is 5.22. The number of nitrogens with one attached hydrogen (secondary N) is 1. The lowest BCUT2D eigenvalue weighted by Gasteiger charge is -2.15. The number of anilines is 1. The summed E-state index contributed by atoms with van der Waals surface area (Å²) in [7, 11) is 0. The van der Waals surface area contributed by atoms with E-state index < -0.39 is 0 Å². The third-order valence-electron chi connectivity index (χ3n) is 4.00. The van der Waals surface area contributed by atoms with Crippen LogP contribution < -0.4 is 4.31 Å². The number of carbonyl (C=O) groups excluding carboxylic acids is 1. The van der Waals surface area contributed by atoms with Crippen LogP contribution in [0.4, 0.5) is 5.69 Å². The molecule has 1 aromatic carbocycles. The number of fused-ring (bicyclic) bond motifs is 1. The van der Waals surface area contributed by atoms with E-state index in [-0.39, 0.29) is 11.7 Å². The zero-order valence-electron chi connectivity index (χ0n) is 12.2. The van der Waals surface area contributed by atoms with Gasteiger partial charge >= 0.3 is 0 Å². The van der Waals surface area contributed by atoms with E-state index in [0.29, 0.717) is 12.2 Å². The molecular weight excluding hydrogens is 374 g/mol. The van der Waals surface area contributed by atoms with Gasteiger partial charge in [0.1, 0.15) is 0 Å². The van der Waals surface area contributed by atoms with Crippen molar-refractivity contribution < 1.29 is 4.79 Å². The molecule has 0 radical (unpaired) electrons. The number of rotatable bonds is 3. The molecule has 0 amide bonds. The predicted molar refractivity (Wildman–Crippen MR) is 97.9 cm³/mol. The molecule has 6 heteroatoms. The molecular formula is C17H14BrN3OS. The van der Waals surface area contributed by atoms with Crippen molar-refractivity contribution >= 4 is 50.3 Å². The lowest BCUT2D eigenvalue weighted by molar-refractivity contribution is 0.0936. The SMILES string of the molecule is O=C(c1cc2c(Br)cccc2[nH]1)C1CSN(c2cccnc2)C1. The lowest BCUT2D eigenvalue weighted by Crippen LogP contribution is -2.22. The molecule has 1 unspecified atom stereocenters. The van der Waals surface area contributed by atoms with Crippen LogP contribution in [0.2, 0.25) is 0 Å². The predicted octanol–water partition coefficient (Wildman–Crippen LogP) is 4.29. The molecule has 3 aromatic rings. The Morgan fingerprint density at radius 2 is 2.26 bits per heavy atom. The molecule has 0 saturated carbocycles. The standard InChI is InChI=1S/C17H14BrN3OS/c18-14-4-1-5-15-13(14)7-16(20-15)17(22)11-9-21(23-10-11)12-3-2-6-19-8-12/h1-8,11,20H,9-10H2. The van der Waals surface area contributed by atoms with Crippen molar-refractivity contribution in [2.75, 3.05) is 16.6 Å². The van der Waals surface area contributed by atoms with Gasteiger partial charge in [0.05, 0.1) is 23.5 Å². The van der Waals surface area contributed by atoms with Gasteiger partial charge < -0.3 is 9.29 Å². The summed E-state index contributed by atoms with van der Waals surface area (Å²) < 4.78 is 3.15. The number of aromatic amines is 1. The number of ketones is 1. The van der Waals surface area contributed by atoms with Gasteiger partial charge in [0.2, 0.25) is 0 Å². The van der Waals surface area contributed by atoms with Crippen molar-refractivity contribution in [1.29, 1.82) is 0 Å². The molecule has 0 aliphatic carbocycles. The summed E-state index contributed by atoms with van der Waals surface area (Å²) in [6.07, 6.45) is 3.59. The molecule has 116 valence electrons. The summed E-state index contributed by atoms with van der Waals surface area (Å²) in [5.41, 5.74) is 2.72. The number of benzene rings is 1. The fourth-order valence-electron chi connectivity index (χ4n) is 2.80. The number of Topliss-reactive ketones (excluding diaryl/α,β-unsaturated/α-hetero) is 1. The van der Waals surface area contributed by atoms with Gasteiger partial charge in [-0.3, -0.25) is 9.78 Å². The zero-order valence-corrected chi connectivity index (χ0v) is 14.6. The van der Waals surface area contributed by atoms with Gasteiger partial charge in [-0.25, -0.2) is 0 Å². The maximum absolute atomic E-state index is 12.8. The van der Waals surface area contributed by atoms with E-state index in [0.717, 1.165) is 26.8 Å². The first-order valence-electron chi connectivity index (χ1n) is 7.34. The normalized spacial score (nSPS) is 17.8. The minimum atomic E-state index is -0.00737. The van der Waals surface area contributed by atoms with Gasteiger partial charge in [-0.2, -0.15) is 0 Å². The summed E-state index contributed by atoms with van der Waals surface area (Å²) in [4.78, 5) is 20.2. The quantitative estimate of drug-likeness (QED) is 0.537. The minimum absolute atomic E-state index is 0.00737. The number of H-pyrrole nitrogens is 1. The van der Waals surface area contributed by atoms with Crippen molar-refractivity contribution in [3.05, 3.63) is 59.0 Å². The van der Waals surface area contributed by atoms with E-state index in [4.69, 9.17) is 0 Å². The number of hydrogen-bond donors (Lipinski definition) is 1. The van der Waals surface area contributed by atoms with Crippen molar-refractivity contribution in [2.45, 2.75) is 0 Å². The minimum Gasteiger partial charge on any atom is -0.352 e. The Morgan fingerprint density at radius 1 is 1.35 bits per heavy atom. The molecule has 23 heavy (non-hydrogen) atoms. The van der Waals surface area contributed by atoms with Crippen molar-refractivity contribution in [2.24, 2.45) is 5.92 Å². The average molecular weight is 388 g/mol. The van der Waals surface area contributed by atoms with Crippen LogP contribution >= 0.6 is 27.9 Å². The Bertz CT molecular complexity index is 865. The molecule has 3 heterocycles. The second kappa shape index (κ2) is 6.02. The first-order chi connectivity index (χ1) is 11.2. The monoisotopic (exact) mass is 387 g/mol. The average Bonchev–Trinajstić information content (AvgIpc) is 3.23. The number of halogens is 1. The van der Waals surface area contributed by atoms with Crippen LogP contribution in [0, 0.1) is 5.92 Å². The van der Waals surface area contributed by atoms with Crippen LogP contribution in [-0.4, -0.2) is 28.0 Å². The fourth-order valence-corrected chi connectivity index (χ4v) is 4.44. The Labute approximate surface area is 146 Å². The molecule has 1 N–H and O–H groups in total. The highest BCUT2D eigenvalue weighted by atomic mass is 79.9. The van der Waals surface area contributed by atoms with E-state index in [9.17, 15) is 4.79 Å². The molecule has 2 aromatic heterocycles. The number of aromatic nitrogens is 2. The topological polar surface area (TPSA) is 49.0 Å². The third kappa shape index (κ3) is 2.77. The van der Waals surface area contributed by atoms with Crippen LogP contribution in [0.25, 0.3) is 10.9 Å². The van der Waals surface area contributed by atoms with E-state index in [2.05, 4.69) is 30.2 Å². The Kier molecular flexibility index (Phi) is 3.87. The zero-order chi connectivity index (χ0) is 15.8. The lowest BCUT2D eigenvalue weighted by atomic mass is 10.0. The number of hydrogen-bond acceptors (Lipinski definition) is 4. The number of nitrogens with zero attached hydrogens (tertiary/aromatic N) is 2. The molecule has 0 bridgehead atoms. The third-order valence-corrected chi connectivity index (χ3v) is 5.91. The summed E-state index contributed by atoms with van der Waals surface area (Å²) in [6, 6.07) is 11.8. The fraction of sp³-hybridized carbons (Fsp3) is 0.176. The molecule has 1 aliphatic heterocycles. The van der Waals surface area contributed by atoms with Crippen molar-refractivity contribution in [3.8, 4) is 0 Å². The van der Waals surface area contributed by atoms with Crippen LogP contribution in [-0.2, 0) is 0 Å². The molecule has 4 rings (SSSR count). The number of pyridine rings is 1. The highest BCUT2D eigenvalue weighted by Crippen LogP contribution is 2.33. The largest absolute Gasteiger partial charge is 0.352 e. The van der Waals surface area contributed by atoms with Gasteiger partial charge in [-0.05, 0) is 42.3 Å². The van der Waals surface area contributed by atoms with Gasteiger partial charge in [-0.1, -0.05) is 22.0 Å². The summed E-state index contributed by atoms with van der Waals surface area (Å²) in [5, 5.41) is 1.05. The Balaban J connectivity index is 1.56. The summed E-state index contributed by atoms with van der Waals surface area (Å²) in [5.74, 6) is 0.962. The smallest absolute Gasteiger partial charge is 0.184 e.